The summed E-state index contributed by atoms with van der Waals surface area (Å²) in [5, 5.41) is 0. The van der Waals surface area contributed by atoms with Crippen molar-refractivity contribution in [2.24, 2.45) is 11.7 Å². The summed E-state index contributed by atoms with van der Waals surface area (Å²) in [5.41, 5.74) is 6.74. The van der Waals surface area contributed by atoms with Crippen LogP contribution in [0.15, 0.2) is 30.3 Å². The number of rotatable bonds is 10. The predicted molar refractivity (Wildman–Crippen MR) is 116 cm³/mol. The highest BCUT2D eigenvalue weighted by Crippen LogP contribution is 2.23. The molecule has 1 saturated heterocycles. The van der Waals surface area contributed by atoms with Gasteiger partial charge in [-0.25, -0.2) is 12.7 Å². The van der Waals surface area contributed by atoms with Crippen LogP contribution in [0.3, 0.4) is 0 Å². The van der Waals surface area contributed by atoms with Gasteiger partial charge in [0.1, 0.15) is 0 Å². The lowest BCUT2D eigenvalue weighted by molar-refractivity contribution is -0.137. The lowest BCUT2D eigenvalue weighted by Crippen LogP contribution is -2.45. The first kappa shape index (κ1) is 24.9. The van der Waals surface area contributed by atoms with Crippen LogP contribution in [0.4, 0.5) is 0 Å². The number of sulfonamides is 1. The van der Waals surface area contributed by atoms with Crippen molar-refractivity contribution in [2.45, 2.75) is 45.6 Å². The molecule has 160 valence electrons. The van der Waals surface area contributed by atoms with Crippen LogP contribution in [0, 0.1) is 5.92 Å². The van der Waals surface area contributed by atoms with Gasteiger partial charge in [-0.3, -0.25) is 4.79 Å². The Bertz CT molecular complexity index is 677. The van der Waals surface area contributed by atoms with E-state index < -0.39 is 10.0 Å². The van der Waals surface area contributed by atoms with E-state index in [2.05, 4.69) is 0 Å². The topological polar surface area (TPSA) is 83.7 Å². The Labute approximate surface area is 175 Å². The zero-order valence-electron chi connectivity index (χ0n) is 16.8. The second kappa shape index (κ2) is 12.4. The van der Waals surface area contributed by atoms with E-state index in [4.69, 9.17) is 5.73 Å². The van der Waals surface area contributed by atoms with E-state index in [0.717, 1.165) is 18.4 Å². The summed E-state index contributed by atoms with van der Waals surface area (Å²) in [5.74, 6) is 0.223. The quantitative estimate of drug-likeness (QED) is 0.617. The van der Waals surface area contributed by atoms with Gasteiger partial charge in [-0.1, -0.05) is 43.7 Å². The lowest BCUT2D eigenvalue weighted by atomic mass is 9.96. The van der Waals surface area contributed by atoms with Crippen molar-refractivity contribution < 1.29 is 13.2 Å². The molecule has 0 aromatic heterocycles. The third-order valence-corrected chi connectivity index (χ3v) is 7.07. The maximum Gasteiger partial charge on any atom is 0.226 e. The summed E-state index contributed by atoms with van der Waals surface area (Å²) in [6, 6.07) is 9.95. The highest BCUT2D eigenvalue weighted by molar-refractivity contribution is 7.89. The molecule has 0 saturated carbocycles. The lowest BCUT2D eigenvalue weighted by Gasteiger charge is -2.34. The molecule has 0 bridgehead atoms. The van der Waals surface area contributed by atoms with Gasteiger partial charge in [0.15, 0.2) is 0 Å². The van der Waals surface area contributed by atoms with Gasteiger partial charge in [0.05, 0.1) is 5.75 Å². The van der Waals surface area contributed by atoms with Crippen LogP contribution in [-0.2, 0) is 21.4 Å². The molecule has 0 spiro atoms. The van der Waals surface area contributed by atoms with Crippen LogP contribution >= 0.6 is 12.4 Å². The highest BCUT2D eigenvalue weighted by Gasteiger charge is 2.32. The maximum atomic E-state index is 13.1. The van der Waals surface area contributed by atoms with Crippen molar-refractivity contribution in [1.29, 1.82) is 0 Å². The molecule has 1 aromatic rings. The standard InChI is InChI=1S/C20H33N3O3S.ClH/c1-2-3-16-27(25,26)23-14-10-19(11-15-23)20(24)22(13-7-12-21)17-18-8-5-4-6-9-18;/h4-6,8-9,19H,2-3,7,10-17,21H2,1H3;1H. The third kappa shape index (κ3) is 7.35. The number of carbonyl (C=O) groups excluding carboxylic acids is 1. The van der Waals surface area contributed by atoms with Crippen molar-refractivity contribution in [3.05, 3.63) is 35.9 Å². The Hall–Kier alpha value is -1.15. The van der Waals surface area contributed by atoms with Gasteiger partial charge < -0.3 is 10.6 Å². The van der Waals surface area contributed by atoms with Crippen molar-refractivity contribution in [2.75, 3.05) is 31.9 Å². The van der Waals surface area contributed by atoms with E-state index in [-0.39, 0.29) is 30.0 Å². The molecule has 1 heterocycles. The van der Waals surface area contributed by atoms with Gasteiger partial charge in [0, 0.05) is 32.1 Å². The average molecular weight is 432 g/mol. The fraction of sp³-hybridized carbons (Fsp3) is 0.650. The molecule has 1 fully saturated rings. The maximum absolute atomic E-state index is 13.1. The molecule has 0 aliphatic carbocycles. The van der Waals surface area contributed by atoms with Crippen LogP contribution in [-0.4, -0.2) is 55.5 Å². The molecule has 0 unspecified atom stereocenters. The predicted octanol–water partition coefficient (Wildman–Crippen LogP) is 2.63. The van der Waals surface area contributed by atoms with Crippen molar-refractivity contribution in [3.63, 3.8) is 0 Å². The van der Waals surface area contributed by atoms with Crippen LogP contribution < -0.4 is 5.73 Å². The second-order valence-corrected chi connectivity index (χ2v) is 9.32. The summed E-state index contributed by atoms with van der Waals surface area (Å²) in [6.45, 7) is 4.64. The second-order valence-electron chi connectivity index (χ2n) is 7.23. The highest BCUT2D eigenvalue weighted by atomic mass is 35.5. The molecular weight excluding hydrogens is 398 g/mol. The first-order valence-electron chi connectivity index (χ1n) is 9.98. The Morgan fingerprint density at radius 3 is 2.39 bits per heavy atom. The number of piperidine rings is 1. The van der Waals surface area contributed by atoms with E-state index in [1.54, 1.807) is 4.31 Å². The number of nitrogens with zero attached hydrogens (tertiary/aromatic N) is 2. The molecule has 0 radical (unpaired) electrons. The normalized spacial score (nSPS) is 15.8. The molecule has 0 atom stereocenters. The zero-order valence-corrected chi connectivity index (χ0v) is 18.4. The summed E-state index contributed by atoms with van der Waals surface area (Å²) >= 11 is 0. The molecule has 8 heteroatoms. The number of amides is 1. The minimum Gasteiger partial charge on any atom is -0.338 e. The van der Waals surface area contributed by atoms with E-state index in [1.807, 2.05) is 42.2 Å². The van der Waals surface area contributed by atoms with E-state index in [9.17, 15) is 13.2 Å². The number of halogens is 1. The number of hydrogen-bond donors (Lipinski definition) is 1. The number of nitrogens with two attached hydrogens (primary N) is 1. The van der Waals surface area contributed by atoms with E-state index >= 15 is 0 Å². The zero-order chi connectivity index (χ0) is 19.7. The molecule has 28 heavy (non-hydrogen) atoms. The minimum absolute atomic E-state index is 0. The summed E-state index contributed by atoms with van der Waals surface area (Å²) in [7, 11) is -3.19. The monoisotopic (exact) mass is 431 g/mol. The number of hydrogen-bond acceptors (Lipinski definition) is 4. The van der Waals surface area contributed by atoms with Crippen molar-refractivity contribution in [1.82, 2.24) is 9.21 Å². The molecule has 2 rings (SSSR count). The van der Waals surface area contributed by atoms with Crippen molar-refractivity contribution in [3.8, 4) is 0 Å². The average Bonchev–Trinajstić information content (AvgIpc) is 2.70. The van der Waals surface area contributed by atoms with Crippen LogP contribution in [0.2, 0.25) is 0 Å². The molecular formula is C20H34ClN3O3S. The van der Waals surface area contributed by atoms with Gasteiger partial charge in [0.25, 0.3) is 0 Å². The molecule has 1 aliphatic heterocycles. The molecule has 6 nitrogen and oxygen atoms in total. The fourth-order valence-corrected chi connectivity index (χ4v) is 5.13. The minimum atomic E-state index is -3.19. The number of carbonyl (C=O) groups is 1. The van der Waals surface area contributed by atoms with E-state index in [1.165, 1.54) is 0 Å². The van der Waals surface area contributed by atoms with Gasteiger partial charge in [-0.05, 0) is 37.8 Å². The largest absolute Gasteiger partial charge is 0.338 e. The Kier molecular flexibility index (Phi) is 11.0. The van der Waals surface area contributed by atoms with E-state index in [0.29, 0.717) is 52.0 Å². The Morgan fingerprint density at radius 2 is 1.82 bits per heavy atom. The first-order valence-corrected chi connectivity index (χ1v) is 11.6. The summed E-state index contributed by atoms with van der Waals surface area (Å²) in [6.07, 6.45) is 3.51. The van der Waals surface area contributed by atoms with Crippen LogP contribution in [0.25, 0.3) is 0 Å². The van der Waals surface area contributed by atoms with Crippen molar-refractivity contribution >= 4 is 28.3 Å². The molecule has 1 aromatic carbocycles. The van der Waals surface area contributed by atoms with Gasteiger partial charge in [0.2, 0.25) is 15.9 Å². The fourth-order valence-electron chi connectivity index (χ4n) is 3.45. The molecule has 1 aliphatic rings. The van der Waals surface area contributed by atoms with Gasteiger partial charge >= 0.3 is 0 Å². The molecule has 1 amide bonds. The number of unbranched alkanes of at least 4 members (excludes halogenated alkanes) is 1. The Morgan fingerprint density at radius 1 is 1.18 bits per heavy atom. The van der Waals surface area contributed by atoms with Gasteiger partial charge in [-0.2, -0.15) is 0 Å². The van der Waals surface area contributed by atoms with Gasteiger partial charge in [-0.15, -0.1) is 12.4 Å². The smallest absolute Gasteiger partial charge is 0.226 e. The van der Waals surface area contributed by atoms with Crippen LogP contribution in [0.1, 0.15) is 44.6 Å². The summed E-state index contributed by atoms with van der Waals surface area (Å²) in [4.78, 5) is 14.9. The van der Waals surface area contributed by atoms with Crippen LogP contribution in [0.5, 0.6) is 0 Å². The SMILES string of the molecule is CCCCS(=O)(=O)N1CCC(C(=O)N(CCCN)Cc2ccccc2)CC1.Cl. The Balaban J connectivity index is 0.00000392. The number of benzene rings is 1. The molecule has 2 N–H and O–H groups in total. The summed E-state index contributed by atoms with van der Waals surface area (Å²) < 4.78 is 26.3. The first-order chi connectivity index (χ1) is 13.0. The third-order valence-electron chi connectivity index (χ3n) is 5.11.